The van der Waals surface area contributed by atoms with Gasteiger partial charge in [-0.05, 0) is 24.9 Å². The van der Waals surface area contributed by atoms with Gasteiger partial charge in [0.15, 0.2) is 10.3 Å². The van der Waals surface area contributed by atoms with Crippen molar-refractivity contribution in [2.45, 2.75) is 19.0 Å². The number of nitrogen functional groups attached to an aromatic ring is 1. The summed E-state index contributed by atoms with van der Waals surface area (Å²) in [6.07, 6.45) is 0. The Balaban J connectivity index is 0. The SMILES string of the molecule is CCSc1nc(N)cc(=O)[nH]1.NC(N)=S.[C-]#[N+]CC(=O)OCC. The minimum Gasteiger partial charge on any atom is -0.460 e. The maximum atomic E-state index is 10.8. The molecule has 1 rings (SSSR count). The predicted molar refractivity (Wildman–Crippen MR) is 94.7 cm³/mol. The number of thiocarbonyl (C=S) groups is 1. The molecule has 0 spiro atoms. The number of anilines is 1. The minimum atomic E-state index is -0.442. The summed E-state index contributed by atoms with van der Waals surface area (Å²) < 4.78 is 4.43. The highest BCUT2D eigenvalue weighted by Crippen LogP contribution is 2.09. The molecule has 0 amide bonds. The summed E-state index contributed by atoms with van der Waals surface area (Å²) in [7, 11) is 0. The largest absolute Gasteiger partial charge is 0.460 e. The zero-order valence-corrected chi connectivity index (χ0v) is 14.5. The first-order chi connectivity index (χ1) is 10.8. The first-order valence-electron chi connectivity index (χ1n) is 6.30. The fourth-order valence-corrected chi connectivity index (χ4v) is 1.55. The van der Waals surface area contributed by atoms with Crippen LogP contribution in [0, 0.1) is 6.57 Å². The second-order valence-corrected chi connectivity index (χ2v) is 5.16. The average Bonchev–Trinajstić information content (AvgIpc) is 2.38. The number of nitrogens with one attached hydrogen (secondary N) is 1. The summed E-state index contributed by atoms with van der Waals surface area (Å²) in [5, 5.41) is 0.581. The lowest BCUT2D eigenvalue weighted by Crippen LogP contribution is -2.18. The molecule has 0 bridgehead atoms. The molecule has 0 saturated heterocycles. The maximum Gasteiger partial charge on any atom is 0.387 e. The van der Waals surface area contributed by atoms with Gasteiger partial charge in [0.05, 0.1) is 6.61 Å². The smallest absolute Gasteiger partial charge is 0.387 e. The van der Waals surface area contributed by atoms with Gasteiger partial charge in [-0.15, -0.1) is 0 Å². The van der Waals surface area contributed by atoms with Gasteiger partial charge in [-0.25, -0.2) is 16.4 Å². The highest BCUT2D eigenvalue weighted by molar-refractivity contribution is 7.99. The van der Waals surface area contributed by atoms with E-state index in [1.165, 1.54) is 17.8 Å². The average molecular weight is 360 g/mol. The Morgan fingerprint density at radius 2 is 2.09 bits per heavy atom. The van der Waals surface area contributed by atoms with E-state index in [9.17, 15) is 9.59 Å². The van der Waals surface area contributed by atoms with Gasteiger partial charge in [0, 0.05) is 6.07 Å². The van der Waals surface area contributed by atoms with E-state index in [1.807, 2.05) is 6.92 Å². The number of aromatic amines is 1. The Hall–Kier alpha value is -2.32. The van der Waals surface area contributed by atoms with E-state index in [0.29, 0.717) is 11.8 Å². The van der Waals surface area contributed by atoms with E-state index < -0.39 is 5.97 Å². The van der Waals surface area contributed by atoms with Crippen LogP contribution in [0.1, 0.15) is 13.8 Å². The second-order valence-electron chi connectivity index (χ2n) is 3.43. The molecule has 1 aromatic rings. The fraction of sp³-hybridized carbons (Fsp3) is 0.417. The third-order valence-electron chi connectivity index (χ3n) is 1.53. The minimum absolute atomic E-state index is 0.000000000000000222. The van der Waals surface area contributed by atoms with E-state index in [4.69, 9.17) is 12.3 Å². The van der Waals surface area contributed by atoms with Crippen LogP contribution < -0.4 is 22.8 Å². The first-order valence-corrected chi connectivity index (χ1v) is 7.69. The lowest BCUT2D eigenvalue weighted by molar-refractivity contribution is -0.140. The number of hydrogen-bond acceptors (Lipinski definition) is 7. The van der Waals surface area contributed by atoms with Gasteiger partial charge in [0.25, 0.3) is 5.56 Å². The molecule has 0 fully saturated rings. The van der Waals surface area contributed by atoms with Crippen molar-refractivity contribution in [1.82, 2.24) is 9.97 Å². The number of ether oxygens (including phenoxy) is 1. The zero-order valence-electron chi connectivity index (χ0n) is 12.9. The van der Waals surface area contributed by atoms with E-state index >= 15 is 0 Å². The third-order valence-corrected chi connectivity index (χ3v) is 2.29. The van der Waals surface area contributed by atoms with Crippen LogP contribution >= 0.6 is 24.0 Å². The number of rotatable bonds is 4. The van der Waals surface area contributed by atoms with Gasteiger partial charge in [0.2, 0.25) is 0 Å². The molecule has 0 saturated carbocycles. The number of carbonyl (C=O) groups excluding carboxylic acids is 1. The van der Waals surface area contributed by atoms with Crippen molar-refractivity contribution in [3.63, 3.8) is 0 Å². The lowest BCUT2D eigenvalue weighted by atomic mass is 10.6. The Kier molecular flexibility index (Phi) is 14.6. The first kappa shape index (κ1) is 23.0. The van der Waals surface area contributed by atoms with E-state index in [-0.39, 0.29) is 23.0 Å². The van der Waals surface area contributed by atoms with Crippen LogP contribution in [0.25, 0.3) is 4.85 Å². The summed E-state index contributed by atoms with van der Waals surface area (Å²) >= 11 is 5.55. The highest BCUT2D eigenvalue weighted by Gasteiger charge is 2.00. The van der Waals surface area contributed by atoms with Crippen molar-refractivity contribution >= 4 is 40.9 Å². The van der Waals surface area contributed by atoms with E-state index in [0.717, 1.165) is 5.75 Å². The molecule has 0 aliphatic heterocycles. The van der Waals surface area contributed by atoms with Crippen LogP contribution in [0.5, 0.6) is 0 Å². The lowest BCUT2D eigenvalue weighted by Gasteiger charge is -1.96. The van der Waals surface area contributed by atoms with Crippen molar-refractivity contribution in [2.75, 3.05) is 24.6 Å². The van der Waals surface area contributed by atoms with Crippen molar-refractivity contribution in [3.05, 3.63) is 27.8 Å². The van der Waals surface area contributed by atoms with Gasteiger partial charge >= 0.3 is 12.5 Å². The van der Waals surface area contributed by atoms with Gasteiger partial charge < -0.3 is 31.8 Å². The van der Waals surface area contributed by atoms with Crippen LogP contribution in [0.15, 0.2) is 16.0 Å². The fourth-order valence-electron chi connectivity index (χ4n) is 0.930. The Labute approximate surface area is 143 Å². The van der Waals surface area contributed by atoms with Crippen LogP contribution in [0.3, 0.4) is 0 Å². The summed E-state index contributed by atoms with van der Waals surface area (Å²) in [6, 6.07) is 1.26. The second kappa shape index (κ2) is 14.6. The van der Waals surface area contributed by atoms with Gasteiger partial charge in [-0.1, -0.05) is 18.7 Å². The topological polar surface area (TPSA) is 154 Å². The van der Waals surface area contributed by atoms with Crippen molar-refractivity contribution < 1.29 is 9.53 Å². The maximum absolute atomic E-state index is 10.8. The Morgan fingerprint density at radius 1 is 1.52 bits per heavy atom. The standard InChI is InChI=1S/C6H9N3OS.C5H7NO2.CH4N2S/c1-2-11-6-8-4(7)3-5(10)9-6;1-3-8-5(7)4-6-2;2-1(3)4/h3H,2H2,1H3,(H3,7,8,9,10);3-4H2,1H3;(H4,2,3,4). The molecule has 23 heavy (non-hydrogen) atoms. The summed E-state index contributed by atoms with van der Waals surface area (Å²) in [4.78, 5) is 30.3. The van der Waals surface area contributed by atoms with E-state index in [2.05, 4.69) is 43.2 Å². The molecule has 0 aliphatic carbocycles. The van der Waals surface area contributed by atoms with Crippen molar-refractivity contribution in [2.24, 2.45) is 11.5 Å². The van der Waals surface area contributed by atoms with Crippen LogP contribution in [0.4, 0.5) is 5.82 Å². The number of carbonyl (C=O) groups is 1. The third kappa shape index (κ3) is 17.6. The molecule has 1 aromatic heterocycles. The molecule has 0 unspecified atom stereocenters. The van der Waals surface area contributed by atoms with Crippen molar-refractivity contribution in [1.29, 1.82) is 0 Å². The van der Waals surface area contributed by atoms with Crippen LogP contribution in [0.2, 0.25) is 0 Å². The Bertz CT molecular complexity index is 581. The molecule has 9 nitrogen and oxygen atoms in total. The number of esters is 1. The van der Waals surface area contributed by atoms with Gasteiger partial charge in [-0.3, -0.25) is 4.79 Å². The molecule has 7 N–H and O–H groups in total. The Morgan fingerprint density at radius 3 is 2.48 bits per heavy atom. The predicted octanol–water partition coefficient (Wildman–Crippen LogP) is 0.122. The van der Waals surface area contributed by atoms with Crippen LogP contribution in [-0.4, -0.2) is 40.0 Å². The molecule has 1 heterocycles. The molecule has 128 valence electrons. The molecule has 11 heteroatoms. The number of hydrogen-bond donors (Lipinski definition) is 4. The van der Waals surface area contributed by atoms with E-state index in [1.54, 1.807) is 6.92 Å². The highest BCUT2D eigenvalue weighted by atomic mass is 32.2. The number of H-pyrrole nitrogens is 1. The summed E-state index contributed by atoms with van der Waals surface area (Å²) in [6.45, 7) is 10.1. The monoisotopic (exact) mass is 360 g/mol. The molecular weight excluding hydrogens is 340 g/mol. The number of nitrogens with zero attached hydrogens (tertiary/aromatic N) is 2. The number of nitrogens with two attached hydrogens (primary N) is 3. The molecule has 0 aromatic carbocycles. The van der Waals surface area contributed by atoms with Gasteiger partial charge in [-0.2, -0.15) is 0 Å². The number of thioether (sulfide) groups is 1. The van der Waals surface area contributed by atoms with Crippen molar-refractivity contribution in [3.8, 4) is 0 Å². The number of aromatic nitrogens is 2. The normalized spacial score (nSPS) is 8.39. The molecule has 0 atom stereocenters. The zero-order chi connectivity index (χ0) is 18.3. The molecule has 0 aliphatic rings. The van der Waals surface area contributed by atoms with Gasteiger partial charge in [0.1, 0.15) is 5.82 Å². The molecule has 0 radical (unpaired) electrons. The molecular formula is C12H20N6O3S2. The quantitative estimate of drug-likeness (QED) is 0.193. The summed E-state index contributed by atoms with van der Waals surface area (Å²) in [5.74, 6) is 0.694. The van der Waals surface area contributed by atoms with Crippen LogP contribution in [-0.2, 0) is 9.53 Å². The summed E-state index contributed by atoms with van der Waals surface area (Å²) in [5.41, 5.74) is 14.4.